The number of halogens is 1. The second-order valence-corrected chi connectivity index (χ2v) is 13.4. The van der Waals surface area contributed by atoms with Crippen LogP contribution in [0.2, 0.25) is 0 Å². The summed E-state index contributed by atoms with van der Waals surface area (Å²) in [5.74, 6) is 0.387. The second-order valence-electron chi connectivity index (χ2n) is 10.8. The Labute approximate surface area is 272 Å². The van der Waals surface area contributed by atoms with E-state index in [0.717, 1.165) is 21.2 Å². The fourth-order valence-electron chi connectivity index (χ4n) is 5.53. The molecule has 1 amide bonds. The number of carbonyl (C=O) groups excluding carboxylic acids is 1. The topological polar surface area (TPSA) is 78.9 Å². The lowest BCUT2D eigenvalue weighted by molar-refractivity contribution is 0.0968. The molecule has 0 aromatic heterocycles. The van der Waals surface area contributed by atoms with E-state index in [4.69, 9.17) is 4.74 Å². The molecule has 5 aromatic rings. The minimum absolute atomic E-state index is 0.00221. The van der Waals surface area contributed by atoms with Gasteiger partial charge in [-0.3, -0.25) is 14.4 Å². The lowest BCUT2D eigenvalue weighted by atomic mass is 9.99. The SMILES string of the molecule is CCOc1ccc(N2C(=O)c3cc(S(=O)(=O)Nc4ccc(C)cc4)ccc3N(Cc3ccccc3)[C@H]2c2cccc(Br)c2)cc1. The lowest BCUT2D eigenvalue weighted by Crippen LogP contribution is -2.49. The minimum Gasteiger partial charge on any atom is -0.494 e. The van der Waals surface area contributed by atoms with E-state index in [1.807, 2.05) is 105 Å². The standard InChI is InChI=1S/C36H32BrN3O4S/c1-3-44-31-18-16-30(17-19-31)40-35(27-10-7-11-28(37)22-27)39(24-26-8-5-4-6-9-26)34-21-20-32(23-33(34)36(40)41)45(42,43)38-29-14-12-25(2)13-15-29/h4-23,35,38H,3,24H2,1-2H3/t35-/m1/s1. The molecule has 0 saturated carbocycles. The Morgan fingerprint density at radius 2 is 1.58 bits per heavy atom. The summed E-state index contributed by atoms with van der Waals surface area (Å²) in [6.07, 6.45) is -0.534. The Bertz CT molecular complexity index is 1930. The summed E-state index contributed by atoms with van der Waals surface area (Å²) in [4.78, 5) is 18.5. The summed E-state index contributed by atoms with van der Waals surface area (Å²) in [6, 6.07) is 37.2. The molecule has 0 saturated heterocycles. The zero-order chi connectivity index (χ0) is 31.6. The molecule has 1 heterocycles. The summed E-state index contributed by atoms with van der Waals surface area (Å²) in [7, 11) is -3.99. The number of carbonyl (C=O) groups is 1. The fraction of sp³-hybridized carbons (Fsp3) is 0.139. The van der Waals surface area contributed by atoms with Crippen molar-refractivity contribution < 1.29 is 17.9 Å². The quantitative estimate of drug-likeness (QED) is 0.169. The van der Waals surface area contributed by atoms with Crippen LogP contribution in [0, 0.1) is 6.92 Å². The van der Waals surface area contributed by atoms with E-state index >= 15 is 0 Å². The summed E-state index contributed by atoms with van der Waals surface area (Å²) in [5, 5.41) is 0. The molecule has 0 unspecified atom stereocenters. The third-order valence-corrected chi connectivity index (χ3v) is 9.52. The molecule has 0 aliphatic carbocycles. The summed E-state index contributed by atoms with van der Waals surface area (Å²) >= 11 is 3.62. The molecule has 1 N–H and O–H groups in total. The molecule has 5 aromatic carbocycles. The third-order valence-electron chi connectivity index (χ3n) is 7.65. The number of ether oxygens (including phenoxy) is 1. The van der Waals surface area contributed by atoms with Crippen LogP contribution < -0.4 is 19.3 Å². The summed E-state index contributed by atoms with van der Waals surface area (Å²) in [5.41, 5.74) is 4.99. The van der Waals surface area contributed by atoms with Crippen LogP contribution in [0.3, 0.4) is 0 Å². The molecule has 45 heavy (non-hydrogen) atoms. The van der Waals surface area contributed by atoms with Crippen LogP contribution in [0.4, 0.5) is 17.1 Å². The van der Waals surface area contributed by atoms with Crippen LogP contribution in [0.15, 0.2) is 131 Å². The van der Waals surface area contributed by atoms with Gasteiger partial charge in [0.25, 0.3) is 15.9 Å². The van der Waals surface area contributed by atoms with E-state index in [0.29, 0.717) is 36.0 Å². The fourth-order valence-corrected chi connectivity index (χ4v) is 7.03. The molecule has 6 rings (SSSR count). The molecular weight excluding hydrogens is 650 g/mol. The Morgan fingerprint density at radius 1 is 0.844 bits per heavy atom. The Hall–Kier alpha value is -4.60. The van der Waals surface area contributed by atoms with Gasteiger partial charge >= 0.3 is 0 Å². The molecule has 1 aliphatic rings. The van der Waals surface area contributed by atoms with E-state index in [2.05, 4.69) is 25.6 Å². The number of hydrogen-bond donors (Lipinski definition) is 1. The van der Waals surface area contributed by atoms with Crippen molar-refractivity contribution in [3.05, 3.63) is 148 Å². The molecule has 1 aliphatic heterocycles. The zero-order valence-electron chi connectivity index (χ0n) is 24.9. The Kier molecular flexibility index (Phi) is 8.65. The number of benzene rings is 5. The Morgan fingerprint density at radius 3 is 2.27 bits per heavy atom. The van der Waals surface area contributed by atoms with Crippen molar-refractivity contribution in [1.82, 2.24) is 0 Å². The molecule has 0 bridgehead atoms. The molecule has 1 atom stereocenters. The van der Waals surface area contributed by atoms with Gasteiger partial charge in [-0.1, -0.05) is 76.1 Å². The highest BCUT2D eigenvalue weighted by Crippen LogP contribution is 2.44. The van der Waals surface area contributed by atoms with Crippen LogP contribution in [-0.4, -0.2) is 20.9 Å². The largest absolute Gasteiger partial charge is 0.494 e. The van der Waals surface area contributed by atoms with Gasteiger partial charge in [-0.2, -0.15) is 0 Å². The van der Waals surface area contributed by atoms with E-state index in [9.17, 15) is 13.2 Å². The van der Waals surface area contributed by atoms with Crippen LogP contribution in [0.25, 0.3) is 0 Å². The number of amides is 1. The van der Waals surface area contributed by atoms with Gasteiger partial charge in [0.2, 0.25) is 0 Å². The number of anilines is 3. The van der Waals surface area contributed by atoms with Crippen LogP contribution in [0.1, 0.15) is 40.1 Å². The first kappa shape index (κ1) is 30.4. The number of rotatable bonds is 9. The first-order valence-electron chi connectivity index (χ1n) is 14.6. The van der Waals surface area contributed by atoms with E-state index < -0.39 is 16.2 Å². The van der Waals surface area contributed by atoms with Crippen LogP contribution in [0.5, 0.6) is 5.75 Å². The number of aryl methyl sites for hydroxylation is 1. The molecule has 0 spiro atoms. The van der Waals surface area contributed by atoms with Gasteiger partial charge in [0.15, 0.2) is 0 Å². The highest BCUT2D eigenvalue weighted by molar-refractivity contribution is 9.10. The summed E-state index contributed by atoms with van der Waals surface area (Å²) < 4.78 is 36.3. The number of fused-ring (bicyclic) bond motifs is 1. The average molecular weight is 683 g/mol. The van der Waals surface area contributed by atoms with Gasteiger partial charge in [0.05, 0.1) is 22.8 Å². The highest BCUT2D eigenvalue weighted by Gasteiger charge is 2.40. The predicted molar refractivity (Wildman–Crippen MR) is 182 cm³/mol. The molecule has 228 valence electrons. The van der Waals surface area contributed by atoms with E-state index in [-0.39, 0.29) is 16.4 Å². The normalized spacial score (nSPS) is 14.6. The van der Waals surface area contributed by atoms with E-state index in [1.165, 1.54) is 6.07 Å². The van der Waals surface area contributed by atoms with Crippen molar-refractivity contribution in [1.29, 1.82) is 0 Å². The maximum absolute atomic E-state index is 14.6. The van der Waals surface area contributed by atoms with Gasteiger partial charge < -0.3 is 9.64 Å². The van der Waals surface area contributed by atoms with Crippen molar-refractivity contribution in [3.8, 4) is 5.75 Å². The smallest absolute Gasteiger partial charge is 0.262 e. The monoisotopic (exact) mass is 681 g/mol. The lowest BCUT2D eigenvalue weighted by Gasteiger charge is -2.46. The summed E-state index contributed by atoms with van der Waals surface area (Å²) in [6.45, 7) is 4.85. The molecule has 0 radical (unpaired) electrons. The Balaban J connectivity index is 1.51. The molecular formula is C36H32BrN3O4S. The maximum Gasteiger partial charge on any atom is 0.262 e. The van der Waals surface area contributed by atoms with Crippen molar-refractivity contribution in [3.63, 3.8) is 0 Å². The molecule has 7 nitrogen and oxygen atoms in total. The molecule has 0 fully saturated rings. The molecule has 9 heteroatoms. The van der Waals surface area contributed by atoms with Crippen LogP contribution >= 0.6 is 15.9 Å². The van der Waals surface area contributed by atoms with Crippen molar-refractivity contribution in [2.75, 3.05) is 21.1 Å². The van der Waals surface area contributed by atoms with Crippen molar-refractivity contribution in [2.24, 2.45) is 0 Å². The van der Waals surface area contributed by atoms with Gasteiger partial charge in [-0.05, 0) is 91.7 Å². The number of nitrogens with zero attached hydrogens (tertiary/aromatic N) is 2. The third kappa shape index (κ3) is 6.45. The number of sulfonamides is 1. The number of nitrogens with one attached hydrogen (secondary N) is 1. The van der Waals surface area contributed by atoms with Gasteiger partial charge in [-0.15, -0.1) is 0 Å². The van der Waals surface area contributed by atoms with E-state index in [1.54, 1.807) is 29.2 Å². The first-order valence-corrected chi connectivity index (χ1v) is 16.9. The van der Waals surface area contributed by atoms with Gasteiger partial charge in [0.1, 0.15) is 11.9 Å². The highest BCUT2D eigenvalue weighted by atomic mass is 79.9. The van der Waals surface area contributed by atoms with Gasteiger partial charge in [0, 0.05) is 22.4 Å². The number of hydrogen-bond acceptors (Lipinski definition) is 5. The average Bonchev–Trinajstić information content (AvgIpc) is 3.04. The van der Waals surface area contributed by atoms with Gasteiger partial charge in [-0.25, -0.2) is 8.42 Å². The second kappa shape index (κ2) is 12.8. The first-order chi connectivity index (χ1) is 21.7. The van der Waals surface area contributed by atoms with Crippen molar-refractivity contribution in [2.45, 2.75) is 31.5 Å². The minimum atomic E-state index is -3.99. The maximum atomic E-state index is 14.6. The van der Waals surface area contributed by atoms with Crippen LogP contribution in [-0.2, 0) is 16.6 Å². The van der Waals surface area contributed by atoms with Crippen molar-refractivity contribution >= 4 is 48.9 Å². The zero-order valence-corrected chi connectivity index (χ0v) is 27.3. The predicted octanol–water partition coefficient (Wildman–Crippen LogP) is 8.32.